The Morgan fingerprint density at radius 1 is 1.44 bits per heavy atom. The summed E-state index contributed by atoms with van der Waals surface area (Å²) >= 11 is 5.66. The SMILES string of the molecule is Fc1c(Cl)cccc1CC1(F)CCCNC1. The second-order valence-electron chi connectivity index (χ2n) is 4.32. The van der Waals surface area contributed by atoms with Gasteiger partial charge in [-0.2, -0.15) is 0 Å². The van der Waals surface area contributed by atoms with Crippen LogP contribution in [0.5, 0.6) is 0 Å². The molecule has 0 bridgehead atoms. The van der Waals surface area contributed by atoms with Crippen molar-refractivity contribution in [2.75, 3.05) is 13.1 Å². The molecule has 1 nitrogen and oxygen atoms in total. The fourth-order valence-corrected chi connectivity index (χ4v) is 2.30. The lowest BCUT2D eigenvalue weighted by Gasteiger charge is -2.30. The summed E-state index contributed by atoms with van der Waals surface area (Å²) in [5.41, 5.74) is -0.984. The molecule has 0 spiro atoms. The van der Waals surface area contributed by atoms with Crippen molar-refractivity contribution in [1.82, 2.24) is 5.32 Å². The first-order valence-electron chi connectivity index (χ1n) is 5.43. The zero-order valence-electron chi connectivity index (χ0n) is 8.90. The molecule has 4 heteroatoms. The predicted octanol–water partition coefficient (Wildman–Crippen LogP) is 3.11. The number of hydrogen-bond acceptors (Lipinski definition) is 1. The predicted molar refractivity (Wildman–Crippen MR) is 61.1 cm³/mol. The van der Waals surface area contributed by atoms with Crippen LogP contribution < -0.4 is 5.32 Å². The Bertz CT molecular complexity index is 375. The van der Waals surface area contributed by atoms with Crippen LogP contribution >= 0.6 is 11.6 Å². The van der Waals surface area contributed by atoms with Crippen LogP contribution in [0, 0.1) is 5.82 Å². The molecular formula is C12H14ClF2N. The number of rotatable bonds is 2. The van der Waals surface area contributed by atoms with Crippen molar-refractivity contribution in [2.24, 2.45) is 0 Å². The molecule has 1 aromatic rings. The van der Waals surface area contributed by atoms with E-state index in [0.717, 1.165) is 13.0 Å². The van der Waals surface area contributed by atoms with E-state index in [-0.39, 0.29) is 11.4 Å². The minimum absolute atomic E-state index is 0.0601. The summed E-state index contributed by atoms with van der Waals surface area (Å²) < 4.78 is 27.9. The van der Waals surface area contributed by atoms with Gasteiger partial charge in [0.1, 0.15) is 11.5 Å². The Hall–Kier alpha value is -0.670. The van der Waals surface area contributed by atoms with Crippen LogP contribution in [-0.2, 0) is 6.42 Å². The molecule has 1 aliphatic rings. The minimum atomic E-state index is -1.34. The minimum Gasteiger partial charge on any atom is -0.314 e. The Morgan fingerprint density at radius 2 is 2.25 bits per heavy atom. The molecule has 1 N–H and O–H groups in total. The van der Waals surface area contributed by atoms with E-state index in [2.05, 4.69) is 5.32 Å². The van der Waals surface area contributed by atoms with Crippen molar-refractivity contribution in [3.8, 4) is 0 Å². The lowest BCUT2D eigenvalue weighted by Crippen LogP contribution is -2.43. The van der Waals surface area contributed by atoms with E-state index in [9.17, 15) is 8.78 Å². The fraction of sp³-hybridized carbons (Fsp3) is 0.500. The Morgan fingerprint density at radius 3 is 2.94 bits per heavy atom. The van der Waals surface area contributed by atoms with Gasteiger partial charge in [0.25, 0.3) is 0 Å². The zero-order valence-corrected chi connectivity index (χ0v) is 9.66. The van der Waals surface area contributed by atoms with E-state index >= 15 is 0 Å². The number of hydrogen-bond donors (Lipinski definition) is 1. The van der Waals surface area contributed by atoms with Crippen LogP contribution in [0.15, 0.2) is 18.2 Å². The molecule has 1 aromatic carbocycles. The Labute approximate surface area is 98.8 Å². The Balaban J connectivity index is 2.16. The third-order valence-electron chi connectivity index (χ3n) is 2.96. The molecule has 1 saturated heterocycles. The van der Waals surface area contributed by atoms with Crippen LogP contribution in [0.25, 0.3) is 0 Å². The van der Waals surface area contributed by atoms with Crippen LogP contribution in [0.1, 0.15) is 18.4 Å². The molecule has 1 fully saturated rings. The van der Waals surface area contributed by atoms with E-state index in [1.165, 1.54) is 6.07 Å². The summed E-state index contributed by atoms with van der Waals surface area (Å²) in [6.07, 6.45) is 1.36. The van der Waals surface area contributed by atoms with Gasteiger partial charge in [-0.15, -0.1) is 0 Å². The Kier molecular flexibility index (Phi) is 3.45. The fourth-order valence-electron chi connectivity index (χ4n) is 2.11. The summed E-state index contributed by atoms with van der Waals surface area (Å²) in [4.78, 5) is 0. The summed E-state index contributed by atoms with van der Waals surface area (Å²) in [6.45, 7) is 1.13. The molecule has 1 atom stereocenters. The molecule has 1 aliphatic heterocycles. The van der Waals surface area contributed by atoms with Crippen molar-refractivity contribution in [3.05, 3.63) is 34.6 Å². The largest absolute Gasteiger partial charge is 0.314 e. The molecule has 16 heavy (non-hydrogen) atoms. The highest BCUT2D eigenvalue weighted by Crippen LogP contribution is 2.28. The first-order chi connectivity index (χ1) is 7.61. The number of alkyl halides is 1. The van der Waals surface area contributed by atoms with Gasteiger partial charge in [0, 0.05) is 13.0 Å². The van der Waals surface area contributed by atoms with Gasteiger partial charge in [0.05, 0.1) is 5.02 Å². The number of nitrogens with one attached hydrogen (secondary N) is 1. The number of piperidine rings is 1. The van der Waals surface area contributed by atoms with Gasteiger partial charge in [-0.05, 0) is 31.0 Å². The van der Waals surface area contributed by atoms with Gasteiger partial charge in [-0.1, -0.05) is 23.7 Å². The van der Waals surface area contributed by atoms with Crippen LogP contribution in [0.4, 0.5) is 8.78 Å². The molecule has 0 saturated carbocycles. The topological polar surface area (TPSA) is 12.0 Å². The molecule has 2 rings (SSSR count). The van der Waals surface area contributed by atoms with E-state index in [1.54, 1.807) is 12.1 Å². The third kappa shape index (κ3) is 2.53. The van der Waals surface area contributed by atoms with Gasteiger partial charge < -0.3 is 5.32 Å². The number of halogens is 3. The average Bonchev–Trinajstić information content (AvgIpc) is 2.26. The highest BCUT2D eigenvalue weighted by molar-refractivity contribution is 6.30. The molecule has 0 aromatic heterocycles. The van der Waals surface area contributed by atoms with Crippen molar-refractivity contribution in [1.29, 1.82) is 0 Å². The standard InChI is InChI=1S/C12H14ClF2N/c13-10-4-1-3-9(11(10)14)7-12(15)5-2-6-16-8-12/h1,3-4,16H,2,5-8H2. The van der Waals surface area contributed by atoms with E-state index in [0.29, 0.717) is 18.5 Å². The summed E-state index contributed by atoms with van der Waals surface area (Å²) in [6, 6.07) is 4.72. The van der Waals surface area contributed by atoms with E-state index in [1.807, 2.05) is 0 Å². The first-order valence-corrected chi connectivity index (χ1v) is 5.81. The van der Waals surface area contributed by atoms with E-state index < -0.39 is 11.5 Å². The average molecular weight is 246 g/mol. The quantitative estimate of drug-likeness (QED) is 0.844. The smallest absolute Gasteiger partial charge is 0.145 e. The molecule has 0 amide bonds. The van der Waals surface area contributed by atoms with Gasteiger partial charge in [-0.3, -0.25) is 0 Å². The van der Waals surface area contributed by atoms with Crippen molar-refractivity contribution in [3.63, 3.8) is 0 Å². The lowest BCUT2D eigenvalue weighted by atomic mass is 9.89. The maximum absolute atomic E-state index is 14.3. The maximum Gasteiger partial charge on any atom is 0.145 e. The molecule has 1 heterocycles. The lowest BCUT2D eigenvalue weighted by molar-refractivity contribution is 0.121. The second-order valence-corrected chi connectivity index (χ2v) is 4.73. The summed E-state index contributed by atoms with van der Waals surface area (Å²) in [5, 5.41) is 3.06. The van der Waals surface area contributed by atoms with Crippen LogP contribution in [-0.4, -0.2) is 18.8 Å². The van der Waals surface area contributed by atoms with Crippen LogP contribution in [0.2, 0.25) is 5.02 Å². The van der Waals surface area contributed by atoms with Crippen molar-refractivity contribution >= 4 is 11.6 Å². The van der Waals surface area contributed by atoms with Crippen molar-refractivity contribution in [2.45, 2.75) is 24.9 Å². The third-order valence-corrected chi connectivity index (χ3v) is 3.25. The van der Waals surface area contributed by atoms with Gasteiger partial charge in [0.15, 0.2) is 0 Å². The van der Waals surface area contributed by atoms with Crippen molar-refractivity contribution < 1.29 is 8.78 Å². The molecule has 0 aliphatic carbocycles. The monoisotopic (exact) mass is 245 g/mol. The first kappa shape index (κ1) is 11.8. The summed E-state index contributed by atoms with van der Waals surface area (Å²) in [5.74, 6) is -0.494. The highest BCUT2D eigenvalue weighted by atomic mass is 35.5. The van der Waals surface area contributed by atoms with Crippen LogP contribution in [0.3, 0.4) is 0 Å². The molecular weight excluding hydrogens is 232 g/mol. The van der Waals surface area contributed by atoms with E-state index in [4.69, 9.17) is 11.6 Å². The zero-order chi connectivity index (χ0) is 11.6. The van der Waals surface area contributed by atoms with Gasteiger partial charge in [-0.25, -0.2) is 8.78 Å². The van der Waals surface area contributed by atoms with Gasteiger partial charge in [0.2, 0.25) is 0 Å². The second kappa shape index (κ2) is 4.68. The normalized spacial score (nSPS) is 25.7. The molecule has 0 radical (unpaired) electrons. The molecule has 88 valence electrons. The molecule has 1 unspecified atom stereocenters. The highest BCUT2D eigenvalue weighted by Gasteiger charge is 2.32. The summed E-state index contributed by atoms with van der Waals surface area (Å²) in [7, 11) is 0. The maximum atomic E-state index is 14.3. The number of benzene rings is 1. The van der Waals surface area contributed by atoms with Gasteiger partial charge >= 0.3 is 0 Å².